The maximum Gasteiger partial charge on any atom is 0.249 e. The molecule has 10 heteroatoms. The van der Waals surface area contributed by atoms with Crippen molar-refractivity contribution in [1.82, 2.24) is 14.9 Å². The quantitative estimate of drug-likeness (QED) is 0.350. The predicted molar refractivity (Wildman–Crippen MR) is 160 cm³/mol. The van der Waals surface area contributed by atoms with Gasteiger partial charge in [-0.25, -0.2) is 9.37 Å². The summed E-state index contributed by atoms with van der Waals surface area (Å²) in [5.41, 5.74) is 7.37. The minimum absolute atomic E-state index is 0.0590. The lowest BCUT2D eigenvalue weighted by molar-refractivity contribution is -0.129. The van der Waals surface area contributed by atoms with Gasteiger partial charge in [0.05, 0.1) is 5.56 Å². The molecule has 0 unspecified atom stereocenters. The normalized spacial score (nSPS) is 15.6. The Labute approximate surface area is 243 Å². The Balaban J connectivity index is 1.33. The highest BCUT2D eigenvalue weighted by Gasteiger charge is 2.23. The van der Waals surface area contributed by atoms with Gasteiger partial charge in [0.2, 0.25) is 23.6 Å². The van der Waals surface area contributed by atoms with Crippen LogP contribution in [0.2, 0.25) is 0 Å². The second-order valence-corrected chi connectivity index (χ2v) is 10.7. The molecule has 2 N–H and O–H groups in total. The van der Waals surface area contributed by atoms with Crippen LogP contribution in [0.5, 0.6) is 11.6 Å². The molecule has 4 aromatic rings. The van der Waals surface area contributed by atoms with Crippen molar-refractivity contribution in [2.24, 2.45) is 5.73 Å². The minimum atomic E-state index is -0.676. The van der Waals surface area contributed by atoms with Crippen LogP contribution >= 0.6 is 0 Å². The zero-order chi connectivity index (χ0) is 29.2. The number of nitrogens with two attached hydrogens (primary N) is 1. The Hall–Kier alpha value is -4.73. The number of nitrogens with zero attached hydrogens (tertiary/aromatic N) is 5. The van der Waals surface area contributed by atoms with Gasteiger partial charge in [-0.3, -0.25) is 9.59 Å². The molecule has 0 aliphatic carbocycles. The van der Waals surface area contributed by atoms with E-state index in [0.29, 0.717) is 55.0 Å². The Morgan fingerprint density at radius 1 is 0.881 bits per heavy atom. The van der Waals surface area contributed by atoms with Gasteiger partial charge in [-0.05, 0) is 54.5 Å². The fourth-order valence-electron chi connectivity index (χ4n) is 5.85. The molecule has 42 heavy (non-hydrogen) atoms. The third kappa shape index (κ3) is 5.44. The van der Waals surface area contributed by atoms with Crippen LogP contribution in [0.1, 0.15) is 36.5 Å². The van der Waals surface area contributed by atoms with E-state index in [1.165, 1.54) is 6.07 Å². The standard InChI is InChI=1S/C32H33FN6O3/c1-21(40)37-15-17-39(18-16-37)32-35-12-11-29(36-32)42-28-10-9-25(23-7-3-4-8-24(23)28)30-26(31(34)41)19-22(20-27(30)33)38-13-5-2-6-14-38/h3-4,7-12,19-20H,2,5-6,13-18H2,1H3,(H2,34,41). The smallest absolute Gasteiger partial charge is 0.249 e. The van der Waals surface area contributed by atoms with Crippen molar-refractivity contribution in [1.29, 1.82) is 0 Å². The van der Waals surface area contributed by atoms with Crippen molar-refractivity contribution in [3.05, 3.63) is 72.2 Å². The van der Waals surface area contributed by atoms with E-state index >= 15 is 4.39 Å². The molecule has 2 aliphatic rings. The average molecular weight is 569 g/mol. The topological polar surface area (TPSA) is 105 Å². The number of carbonyl (C=O) groups excluding carboxylic acids is 2. The van der Waals surface area contributed by atoms with E-state index in [9.17, 15) is 9.59 Å². The molecule has 0 saturated carbocycles. The number of piperidine rings is 1. The molecule has 2 fully saturated rings. The molecule has 9 nitrogen and oxygen atoms in total. The number of halogens is 1. The van der Waals surface area contributed by atoms with Crippen LogP contribution in [0, 0.1) is 5.82 Å². The molecule has 1 aromatic heterocycles. The Morgan fingerprint density at radius 3 is 2.33 bits per heavy atom. The Kier molecular flexibility index (Phi) is 7.60. The summed E-state index contributed by atoms with van der Waals surface area (Å²) in [6.45, 7) is 5.70. The van der Waals surface area contributed by atoms with Crippen LogP contribution in [0.4, 0.5) is 16.0 Å². The first-order valence-corrected chi connectivity index (χ1v) is 14.3. The highest BCUT2D eigenvalue weighted by Crippen LogP contribution is 2.40. The molecule has 2 aliphatic heterocycles. The van der Waals surface area contributed by atoms with E-state index in [4.69, 9.17) is 10.5 Å². The summed E-state index contributed by atoms with van der Waals surface area (Å²) in [6, 6.07) is 15.9. The first-order chi connectivity index (χ1) is 20.4. The molecule has 3 aromatic carbocycles. The molecule has 2 saturated heterocycles. The summed E-state index contributed by atoms with van der Waals surface area (Å²) < 4.78 is 22.1. The number of primary amides is 1. The van der Waals surface area contributed by atoms with Crippen LogP contribution in [-0.2, 0) is 4.79 Å². The number of anilines is 2. The number of fused-ring (bicyclic) bond motifs is 1. The van der Waals surface area contributed by atoms with E-state index < -0.39 is 11.7 Å². The number of aromatic nitrogens is 2. The van der Waals surface area contributed by atoms with Crippen molar-refractivity contribution in [3.63, 3.8) is 0 Å². The minimum Gasteiger partial charge on any atom is -0.438 e. The highest BCUT2D eigenvalue weighted by atomic mass is 19.1. The number of hydrogen-bond acceptors (Lipinski definition) is 7. The van der Waals surface area contributed by atoms with Gasteiger partial charge < -0.3 is 25.2 Å². The lowest BCUT2D eigenvalue weighted by Gasteiger charge is -2.34. The number of ether oxygens (including phenoxy) is 1. The number of carbonyl (C=O) groups is 2. The van der Waals surface area contributed by atoms with Gasteiger partial charge >= 0.3 is 0 Å². The lowest BCUT2D eigenvalue weighted by atomic mass is 9.92. The molecule has 216 valence electrons. The van der Waals surface area contributed by atoms with E-state index in [-0.39, 0.29) is 17.0 Å². The van der Waals surface area contributed by atoms with Crippen molar-refractivity contribution in [2.75, 3.05) is 49.1 Å². The van der Waals surface area contributed by atoms with Crippen LogP contribution in [0.25, 0.3) is 21.9 Å². The third-order valence-electron chi connectivity index (χ3n) is 8.05. The highest BCUT2D eigenvalue weighted by molar-refractivity contribution is 6.07. The zero-order valence-corrected chi connectivity index (χ0v) is 23.6. The fraction of sp³-hybridized carbons (Fsp3) is 0.312. The summed E-state index contributed by atoms with van der Waals surface area (Å²) in [4.78, 5) is 39.3. The Bertz CT molecular complexity index is 1650. The molecule has 0 spiro atoms. The first kappa shape index (κ1) is 27.4. The SMILES string of the molecule is CC(=O)N1CCN(c2nccc(Oc3ccc(-c4c(F)cc(N5CCCCC5)cc4C(N)=O)c4ccccc34)n2)CC1. The summed E-state index contributed by atoms with van der Waals surface area (Å²) in [7, 11) is 0. The summed E-state index contributed by atoms with van der Waals surface area (Å²) in [6.07, 6.45) is 4.86. The van der Waals surface area contributed by atoms with Gasteiger partial charge in [0.15, 0.2) is 0 Å². The van der Waals surface area contributed by atoms with Gasteiger partial charge in [-0.1, -0.05) is 24.3 Å². The maximum absolute atomic E-state index is 15.9. The van der Waals surface area contributed by atoms with Crippen molar-refractivity contribution >= 4 is 34.2 Å². The van der Waals surface area contributed by atoms with Gasteiger partial charge in [0.1, 0.15) is 11.6 Å². The molecule has 6 rings (SSSR count). The second-order valence-electron chi connectivity index (χ2n) is 10.7. The number of rotatable bonds is 6. The van der Waals surface area contributed by atoms with E-state index in [0.717, 1.165) is 43.1 Å². The molecule has 0 bridgehead atoms. The second kappa shape index (κ2) is 11.6. The molecular weight excluding hydrogens is 535 g/mol. The van der Waals surface area contributed by atoms with Gasteiger partial charge in [-0.15, -0.1) is 0 Å². The van der Waals surface area contributed by atoms with Gasteiger partial charge in [0, 0.05) is 75.1 Å². The lowest BCUT2D eigenvalue weighted by Crippen LogP contribution is -2.48. The van der Waals surface area contributed by atoms with E-state index in [1.807, 2.05) is 29.2 Å². The molecule has 0 atom stereocenters. The van der Waals surface area contributed by atoms with Gasteiger partial charge in [-0.2, -0.15) is 4.98 Å². The maximum atomic E-state index is 15.9. The first-order valence-electron chi connectivity index (χ1n) is 14.3. The predicted octanol–water partition coefficient (Wildman–Crippen LogP) is 4.99. The molecule has 0 radical (unpaired) electrons. The molecular formula is C32H33FN6O3. The van der Waals surface area contributed by atoms with Crippen molar-refractivity contribution in [3.8, 4) is 22.8 Å². The molecule has 2 amide bonds. The number of piperazine rings is 1. The van der Waals surface area contributed by atoms with Crippen LogP contribution in [0.15, 0.2) is 60.8 Å². The zero-order valence-electron chi connectivity index (χ0n) is 23.6. The summed E-state index contributed by atoms with van der Waals surface area (Å²) >= 11 is 0. The van der Waals surface area contributed by atoms with Crippen LogP contribution in [-0.4, -0.2) is 66.0 Å². The van der Waals surface area contributed by atoms with E-state index in [1.54, 1.807) is 42.3 Å². The fourth-order valence-corrected chi connectivity index (χ4v) is 5.85. The van der Waals surface area contributed by atoms with Crippen LogP contribution in [0.3, 0.4) is 0 Å². The molecule has 3 heterocycles. The summed E-state index contributed by atoms with van der Waals surface area (Å²) in [5, 5.41) is 1.46. The summed E-state index contributed by atoms with van der Waals surface area (Å²) in [5.74, 6) is 0.316. The monoisotopic (exact) mass is 568 g/mol. The number of benzene rings is 3. The Morgan fingerprint density at radius 2 is 1.62 bits per heavy atom. The van der Waals surface area contributed by atoms with Crippen LogP contribution < -0.4 is 20.3 Å². The third-order valence-corrected chi connectivity index (χ3v) is 8.05. The number of hydrogen-bond donors (Lipinski definition) is 1. The number of amides is 2. The van der Waals surface area contributed by atoms with Crippen molar-refractivity contribution in [2.45, 2.75) is 26.2 Å². The van der Waals surface area contributed by atoms with Gasteiger partial charge in [0.25, 0.3) is 0 Å². The largest absolute Gasteiger partial charge is 0.438 e. The van der Waals surface area contributed by atoms with Crippen molar-refractivity contribution < 1.29 is 18.7 Å². The van der Waals surface area contributed by atoms with E-state index in [2.05, 4.69) is 14.9 Å². The average Bonchev–Trinajstić information content (AvgIpc) is 3.02.